The molecule has 0 saturated carbocycles. The second-order valence-corrected chi connectivity index (χ2v) is 8.44. The molecule has 4 rings (SSSR count). The predicted molar refractivity (Wildman–Crippen MR) is 111 cm³/mol. The Bertz CT molecular complexity index is 973. The quantitative estimate of drug-likeness (QED) is 0.763. The molecule has 0 radical (unpaired) electrons. The number of aromatic amines is 1. The van der Waals surface area contributed by atoms with E-state index in [1.54, 1.807) is 17.0 Å². The van der Waals surface area contributed by atoms with Gasteiger partial charge in [-0.05, 0) is 50.2 Å². The van der Waals surface area contributed by atoms with Crippen molar-refractivity contribution in [3.05, 3.63) is 64.6 Å². The topological polar surface area (TPSA) is 52.2 Å². The second-order valence-electron chi connectivity index (χ2n) is 8.44. The van der Waals surface area contributed by atoms with Crippen molar-refractivity contribution in [2.75, 3.05) is 19.6 Å². The number of aromatic nitrogens is 2. The van der Waals surface area contributed by atoms with Gasteiger partial charge in [-0.3, -0.25) is 9.89 Å². The predicted octanol–water partition coefficient (Wildman–Crippen LogP) is 4.73. The highest BCUT2D eigenvalue weighted by Crippen LogP contribution is 2.39. The molecule has 1 fully saturated rings. The van der Waals surface area contributed by atoms with E-state index in [2.05, 4.69) is 21.7 Å². The summed E-state index contributed by atoms with van der Waals surface area (Å²) >= 11 is 0. The lowest BCUT2D eigenvalue weighted by Crippen LogP contribution is -2.39. The molecule has 0 spiro atoms. The number of carbonyl (C=O) groups excluding carboxylic acids is 1. The Labute approximate surface area is 179 Å². The lowest BCUT2D eigenvalue weighted by atomic mass is 9.86. The maximum absolute atomic E-state index is 13.4. The van der Waals surface area contributed by atoms with Gasteiger partial charge in [0.2, 0.25) is 0 Å². The van der Waals surface area contributed by atoms with Crippen LogP contribution in [-0.2, 0) is 19.1 Å². The Morgan fingerprint density at radius 2 is 1.87 bits per heavy atom. The van der Waals surface area contributed by atoms with Gasteiger partial charge in [0.25, 0.3) is 5.91 Å². The maximum atomic E-state index is 13.4. The third-order valence-corrected chi connectivity index (χ3v) is 6.39. The molecule has 1 saturated heterocycles. The van der Waals surface area contributed by atoms with Crippen LogP contribution >= 0.6 is 0 Å². The Morgan fingerprint density at radius 3 is 2.55 bits per heavy atom. The molecular weight excluding hydrogens is 405 g/mol. The molecule has 0 atom stereocenters. The van der Waals surface area contributed by atoms with Crippen LogP contribution in [0, 0.1) is 0 Å². The SMILES string of the molecule is C=C(C)N1CCCc2[nH]nc(C(=O)N3CCC(c4ccccc4C(F)(F)F)CC3)c2C1. The Kier molecular flexibility index (Phi) is 5.81. The highest BCUT2D eigenvalue weighted by Gasteiger charge is 2.36. The zero-order valence-corrected chi connectivity index (χ0v) is 17.6. The summed E-state index contributed by atoms with van der Waals surface area (Å²) in [5.74, 6) is -0.360. The number of aryl methyl sites for hydroxylation is 1. The number of amides is 1. The van der Waals surface area contributed by atoms with Crippen LogP contribution in [0.4, 0.5) is 13.2 Å². The van der Waals surface area contributed by atoms with E-state index in [9.17, 15) is 18.0 Å². The minimum absolute atomic E-state index is 0.149. The summed E-state index contributed by atoms with van der Waals surface area (Å²) in [5.41, 5.74) is 3.04. The number of nitrogens with zero attached hydrogens (tertiary/aromatic N) is 3. The van der Waals surface area contributed by atoms with Crippen molar-refractivity contribution in [1.29, 1.82) is 0 Å². The first kappa shape index (κ1) is 21.5. The van der Waals surface area contributed by atoms with Crippen LogP contribution in [0.3, 0.4) is 0 Å². The number of allylic oxidation sites excluding steroid dienone is 1. The van der Waals surface area contributed by atoms with Crippen molar-refractivity contribution < 1.29 is 18.0 Å². The maximum Gasteiger partial charge on any atom is 0.416 e. The van der Waals surface area contributed by atoms with Gasteiger partial charge in [-0.2, -0.15) is 18.3 Å². The summed E-state index contributed by atoms with van der Waals surface area (Å²) < 4.78 is 40.2. The average molecular weight is 432 g/mol. The van der Waals surface area contributed by atoms with Gasteiger partial charge in [-0.25, -0.2) is 0 Å². The first-order chi connectivity index (χ1) is 14.8. The molecule has 0 aliphatic carbocycles. The van der Waals surface area contributed by atoms with E-state index in [4.69, 9.17) is 0 Å². The Hall–Kier alpha value is -2.77. The van der Waals surface area contributed by atoms with Gasteiger partial charge >= 0.3 is 6.18 Å². The van der Waals surface area contributed by atoms with Crippen molar-refractivity contribution >= 4 is 5.91 Å². The number of hydrogen-bond acceptors (Lipinski definition) is 3. The first-order valence-electron chi connectivity index (χ1n) is 10.7. The zero-order chi connectivity index (χ0) is 22.2. The molecule has 0 bridgehead atoms. The van der Waals surface area contributed by atoms with Crippen LogP contribution < -0.4 is 0 Å². The van der Waals surface area contributed by atoms with Gasteiger partial charge in [0.1, 0.15) is 0 Å². The van der Waals surface area contributed by atoms with Crippen molar-refractivity contribution in [3.8, 4) is 0 Å². The van der Waals surface area contributed by atoms with Gasteiger partial charge in [0.15, 0.2) is 5.69 Å². The average Bonchev–Trinajstić information content (AvgIpc) is 3.01. The van der Waals surface area contributed by atoms with Gasteiger partial charge < -0.3 is 9.80 Å². The van der Waals surface area contributed by atoms with E-state index >= 15 is 0 Å². The lowest BCUT2D eigenvalue weighted by Gasteiger charge is -2.33. The van der Waals surface area contributed by atoms with Crippen LogP contribution in [0.1, 0.15) is 65.0 Å². The Morgan fingerprint density at radius 1 is 1.16 bits per heavy atom. The number of likely N-dealkylation sites (tertiary alicyclic amines) is 1. The summed E-state index contributed by atoms with van der Waals surface area (Å²) in [4.78, 5) is 17.1. The summed E-state index contributed by atoms with van der Waals surface area (Å²) in [6, 6.07) is 5.76. The monoisotopic (exact) mass is 432 g/mol. The number of H-pyrrole nitrogens is 1. The number of alkyl halides is 3. The molecule has 1 N–H and O–H groups in total. The van der Waals surface area contributed by atoms with E-state index in [-0.39, 0.29) is 11.8 Å². The minimum atomic E-state index is -4.37. The van der Waals surface area contributed by atoms with Crippen molar-refractivity contribution in [2.45, 2.75) is 51.2 Å². The number of rotatable bonds is 3. The van der Waals surface area contributed by atoms with Crippen LogP contribution in [0.5, 0.6) is 0 Å². The highest BCUT2D eigenvalue weighted by molar-refractivity contribution is 5.94. The smallest absolute Gasteiger partial charge is 0.371 e. The summed E-state index contributed by atoms with van der Waals surface area (Å²) in [6.45, 7) is 8.29. The molecule has 3 heterocycles. The van der Waals surface area contributed by atoms with E-state index in [0.29, 0.717) is 43.7 Å². The molecule has 31 heavy (non-hydrogen) atoms. The summed E-state index contributed by atoms with van der Waals surface area (Å²) in [6.07, 6.45) is -1.58. The fraction of sp³-hybridized carbons (Fsp3) is 0.478. The molecular formula is C23H27F3N4O. The third-order valence-electron chi connectivity index (χ3n) is 6.39. The largest absolute Gasteiger partial charge is 0.416 e. The zero-order valence-electron chi connectivity index (χ0n) is 17.6. The van der Waals surface area contributed by atoms with Crippen molar-refractivity contribution in [1.82, 2.24) is 20.0 Å². The molecule has 8 heteroatoms. The van der Waals surface area contributed by atoms with E-state index in [0.717, 1.165) is 42.4 Å². The van der Waals surface area contributed by atoms with Crippen LogP contribution in [0.25, 0.3) is 0 Å². The number of halogens is 3. The highest BCUT2D eigenvalue weighted by atomic mass is 19.4. The number of benzene rings is 1. The van der Waals surface area contributed by atoms with E-state index in [1.165, 1.54) is 6.07 Å². The number of piperidine rings is 1. The molecule has 5 nitrogen and oxygen atoms in total. The molecule has 166 valence electrons. The third kappa shape index (κ3) is 4.34. The molecule has 2 aromatic rings. The minimum Gasteiger partial charge on any atom is -0.371 e. The number of nitrogens with one attached hydrogen (secondary N) is 1. The van der Waals surface area contributed by atoms with Crippen molar-refractivity contribution in [2.24, 2.45) is 0 Å². The van der Waals surface area contributed by atoms with Gasteiger partial charge in [0.05, 0.1) is 5.56 Å². The number of hydrogen-bond donors (Lipinski definition) is 1. The number of carbonyl (C=O) groups is 1. The van der Waals surface area contributed by atoms with E-state index < -0.39 is 11.7 Å². The van der Waals surface area contributed by atoms with Gasteiger partial charge in [0, 0.05) is 43.1 Å². The lowest BCUT2D eigenvalue weighted by molar-refractivity contribution is -0.138. The normalized spacial score (nSPS) is 17.9. The molecule has 0 unspecified atom stereocenters. The fourth-order valence-corrected chi connectivity index (χ4v) is 4.65. The van der Waals surface area contributed by atoms with E-state index in [1.807, 2.05) is 6.92 Å². The Balaban J connectivity index is 1.48. The molecule has 2 aliphatic rings. The van der Waals surface area contributed by atoms with Gasteiger partial charge in [-0.15, -0.1) is 0 Å². The summed E-state index contributed by atoms with van der Waals surface area (Å²) in [7, 11) is 0. The number of fused-ring (bicyclic) bond motifs is 1. The van der Waals surface area contributed by atoms with Crippen LogP contribution in [-0.4, -0.2) is 45.5 Å². The summed E-state index contributed by atoms with van der Waals surface area (Å²) in [5, 5.41) is 7.34. The standard InChI is InChI=1S/C23H27F3N4O/c1-15(2)30-11-5-8-20-18(14-30)21(28-27-20)22(31)29-12-9-16(10-13-29)17-6-3-4-7-19(17)23(24,25)26/h3-4,6-7,16H,1,5,8-14H2,2H3,(H,27,28). The van der Waals surface area contributed by atoms with Crippen molar-refractivity contribution in [3.63, 3.8) is 0 Å². The molecule has 1 aromatic carbocycles. The van der Waals surface area contributed by atoms with Crippen LogP contribution in [0.2, 0.25) is 0 Å². The first-order valence-corrected chi connectivity index (χ1v) is 10.7. The van der Waals surface area contributed by atoms with Crippen LogP contribution in [0.15, 0.2) is 36.5 Å². The molecule has 2 aliphatic heterocycles. The second kappa shape index (κ2) is 8.40. The molecule has 1 amide bonds. The van der Waals surface area contributed by atoms with Gasteiger partial charge in [-0.1, -0.05) is 24.8 Å². The fourth-order valence-electron chi connectivity index (χ4n) is 4.65. The molecule has 1 aromatic heterocycles.